The highest BCUT2D eigenvalue weighted by molar-refractivity contribution is 9.09. The highest BCUT2D eigenvalue weighted by Gasteiger charge is 2.35. The molecule has 1 aromatic carbocycles. The van der Waals surface area contributed by atoms with Crippen molar-refractivity contribution in [1.29, 1.82) is 0 Å². The second-order valence-corrected chi connectivity index (χ2v) is 5.02. The van der Waals surface area contributed by atoms with Crippen molar-refractivity contribution >= 4 is 39.1 Å². The van der Waals surface area contributed by atoms with E-state index in [1.54, 1.807) is 0 Å². The van der Waals surface area contributed by atoms with Crippen molar-refractivity contribution in [3.8, 4) is 0 Å². The van der Waals surface area contributed by atoms with Gasteiger partial charge in [0.2, 0.25) is 0 Å². The molecule has 0 unspecified atom stereocenters. The molecule has 1 aliphatic rings. The molecular weight excluding hydrogens is 259 g/mol. The van der Waals surface area contributed by atoms with Crippen LogP contribution >= 0.6 is 39.1 Å². The Hall–Kier alpha value is 0.280. The zero-order valence-corrected chi connectivity index (χ0v) is 9.33. The van der Waals surface area contributed by atoms with Crippen molar-refractivity contribution in [2.24, 2.45) is 0 Å². The summed E-state index contributed by atoms with van der Waals surface area (Å²) >= 11 is 15.2. The molecule has 1 saturated carbocycles. The Morgan fingerprint density at radius 1 is 1.25 bits per heavy atom. The molecule has 0 radical (unpaired) electrons. The highest BCUT2D eigenvalue weighted by Crippen LogP contribution is 2.47. The second-order valence-electron chi connectivity index (χ2n) is 3.03. The van der Waals surface area contributed by atoms with Gasteiger partial charge in [-0.2, -0.15) is 0 Å². The fraction of sp³-hybridized carbons (Fsp3) is 0.333. The number of rotatable bonds is 1. The van der Waals surface area contributed by atoms with Gasteiger partial charge < -0.3 is 0 Å². The maximum Gasteiger partial charge on any atom is 0.0595 e. The normalized spacial score (nSPS) is 27.2. The SMILES string of the molecule is Clc1ccc([C@@H]2C[C@H]2Br)cc1Cl. The topological polar surface area (TPSA) is 0 Å². The maximum atomic E-state index is 5.89. The molecule has 0 bridgehead atoms. The molecule has 64 valence electrons. The zero-order chi connectivity index (χ0) is 8.72. The Kier molecular flexibility index (Phi) is 2.37. The van der Waals surface area contributed by atoms with E-state index in [1.807, 2.05) is 18.2 Å². The largest absolute Gasteiger partial charge is 0.0884 e. The van der Waals surface area contributed by atoms with Crippen LogP contribution in [0.15, 0.2) is 18.2 Å². The third-order valence-corrected chi connectivity index (χ3v) is 3.84. The van der Waals surface area contributed by atoms with Gasteiger partial charge in [0, 0.05) is 4.83 Å². The molecule has 0 nitrogen and oxygen atoms in total. The summed E-state index contributed by atoms with van der Waals surface area (Å²) in [5.41, 5.74) is 1.28. The van der Waals surface area contributed by atoms with Gasteiger partial charge in [0.25, 0.3) is 0 Å². The van der Waals surface area contributed by atoms with Crippen LogP contribution < -0.4 is 0 Å². The van der Waals surface area contributed by atoms with Crippen LogP contribution in [0, 0.1) is 0 Å². The molecule has 1 aromatic rings. The van der Waals surface area contributed by atoms with E-state index in [1.165, 1.54) is 12.0 Å². The molecule has 2 rings (SSSR count). The molecule has 0 N–H and O–H groups in total. The average Bonchev–Trinajstić information content (AvgIpc) is 2.73. The number of halogens is 3. The Morgan fingerprint density at radius 2 is 1.92 bits per heavy atom. The molecule has 1 aliphatic carbocycles. The first kappa shape index (κ1) is 8.86. The first-order valence-corrected chi connectivity index (χ1v) is 5.44. The van der Waals surface area contributed by atoms with E-state index in [9.17, 15) is 0 Å². The van der Waals surface area contributed by atoms with Crippen LogP contribution in [0.3, 0.4) is 0 Å². The maximum absolute atomic E-state index is 5.89. The summed E-state index contributed by atoms with van der Waals surface area (Å²) < 4.78 is 0. The minimum Gasteiger partial charge on any atom is -0.0884 e. The summed E-state index contributed by atoms with van der Waals surface area (Å²) in [5.74, 6) is 0.639. The van der Waals surface area contributed by atoms with Gasteiger partial charge in [-0.15, -0.1) is 0 Å². The molecule has 12 heavy (non-hydrogen) atoms. The van der Waals surface area contributed by atoms with Crippen LogP contribution in [0.4, 0.5) is 0 Å². The van der Waals surface area contributed by atoms with Crippen molar-refractivity contribution in [1.82, 2.24) is 0 Å². The van der Waals surface area contributed by atoms with Crippen LogP contribution in [-0.4, -0.2) is 4.83 Å². The van der Waals surface area contributed by atoms with Gasteiger partial charge in [-0.3, -0.25) is 0 Å². The lowest BCUT2D eigenvalue weighted by atomic mass is 10.1. The van der Waals surface area contributed by atoms with Crippen LogP contribution in [-0.2, 0) is 0 Å². The van der Waals surface area contributed by atoms with Gasteiger partial charge in [-0.05, 0) is 30.0 Å². The standard InChI is InChI=1S/C9H7BrCl2/c10-7-4-6(7)5-1-2-8(11)9(12)3-5/h1-3,6-7H,4H2/t6-,7+/m0/s1. The fourth-order valence-electron chi connectivity index (χ4n) is 1.25. The molecule has 0 saturated heterocycles. The predicted molar refractivity (Wildman–Crippen MR) is 56.5 cm³/mol. The lowest BCUT2D eigenvalue weighted by molar-refractivity contribution is 1.14. The van der Waals surface area contributed by atoms with Gasteiger partial charge >= 0.3 is 0 Å². The zero-order valence-electron chi connectivity index (χ0n) is 6.23. The first-order chi connectivity index (χ1) is 5.68. The molecule has 0 spiro atoms. The fourth-order valence-corrected chi connectivity index (χ4v) is 2.27. The molecule has 1 fully saturated rings. The summed E-state index contributed by atoms with van der Waals surface area (Å²) in [5, 5.41) is 1.29. The van der Waals surface area contributed by atoms with E-state index >= 15 is 0 Å². The molecule has 0 heterocycles. The summed E-state index contributed by atoms with van der Waals surface area (Å²) in [7, 11) is 0. The Balaban J connectivity index is 2.29. The van der Waals surface area contributed by atoms with Crippen molar-refractivity contribution < 1.29 is 0 Å². The van der Waals surface area contributed by atoms with Gasteiger partial charge in [0.15, 0.2) is 0 Å². The Labute approximate surface area is 90.0 Å². The summed E-state index contributed by atoms with van der Waals surface area (Å²) in [6.45, 7) is 0. The van der Waals surface area contributed by atoms with Crippen molar-refractivity contribution in [2.45, 2.75) is 17.2 Å². The molecular formula is C9H7BrCl2. The Morgan fingerprint density at radius 3 is 2.42 bits per heavy atom. The monoisotopic (exact) mass is 264 g/mol. The quantitative estimate of drug-likeness (QED) is 0.667. The van der Waals surface area contributed by atoms with Gasteiger partial charge in [0.1, 0.15) is 0 Å². The predicted octanol–water partition coefficient (Wildman–Crippen LogP) is 4.24. The number of alkyl halides is 1. The smallest absolute Gasteiger partial charge is 0.0595 e. The molecule has 2 atom stereocenters. The lowest BCUT2D eigenvalue weighted by Crippen LogP contribution is -1.81. The number of hydrogen-bond acceptors (Lipinski definition) is 0. The van der Waals surface area contributed by atoms with Gasteiger partial charge in [-0.1, -0.05) is 45.2 Å². The second kappa shape index (κ2) is 3.21. The molecule has 0 aliphatic heterocycles. The van der Waals surface area contributed by atoms with Crippen molar-refractivity contribution in [3.05, 3.63) is 33.8 Å². The molecule has 0 aromatic heterocycles. The van der Waals surface area contributed by atoms with Crippen LogP contribution in [0.2, 0.25) is 10.0 Å². The minimum absolute atomic E-state index is 0.632. The number of benzene rings is 1. The van der Waals surface area contributed by atoms with Crippen LogP contribution in [0.5, 0.6) is 0 Å². The van der Waals surface area contributed by atoms with E-state index in [0.717, 1.165) is 0 Å². The Bertz CT molecular complexity index is 311. The van der Waals surface area contributed by atoms with E-state index in [2.05, 4.69) is 15.9 Å². The average molecular weight is 266 g/mol. The highest BCUT2D eigenvalue weighted by atomic mass is 79.9. The summed E-state index contributed by atoms with van der Waals surface area (Å²) in [6, 6.07) is 5.85. The van der Waals surface area contributed by atoms with Gasteiger partial charge in [0.05, 0.1) is 10.0 Å². The van der Waals surface area contributed by atoms with E-state index < -0.39 is 0 Å². The van der Waals surface area contributed by atoms with E-state index in [4.69, 9.17) is 23.2 Å². The molecule has 3 heteroatoms. The first-order valence-electron chi connectivity index (χ1n) is 3.77. The van der Waals surface area contributed by atoms with Gasteiger partial charge in [-0.25, -0.2) is 0 Å². The van der Waals surface area contributed by atoms with Crippen LogP contribution in [0.1, 0.15) is 17.9 Å². The van der Waals surface area contributed by atoms with E-state index in [-0.39, 0.29) is 0 Å². The third-order valence-electron chi connectivity index (χ3n) is 2.08. The third kappa shape index (κ3) is 1.63. The summed E-state index contributed by atoms with van der Waals surface area (Å²) in [4.78, 5) is 0.634. The number of hydrogen-bond donors (Lipinski definition) is 0. The summed E-state index contributed by atoms with van der Waals surface area (Å²) in [6.07, 6.45) is 1.21. The minimum atomic E-state index is 0.632. The van der Waals surface area contributed by atoms with Crippen LogP contribution in [0.25, 0.3) is 0 Å². The molecule has 0 amide bonds. The lowest BCUT2D eigenvalue weighted by Gasteiger charge is -2.00. The van der Waals surface area contributed by atoms with Crippen molar-refractivity contribution in [3.63, 3.8) is 0 Å². The van der Waals surface area contributed by atoms with E-state index in [0.29, 0.717) is 20.8 Å². The van der Waals surface area contributed by atoms with Crippen molar-refractivity contribution in [2.75, 3.05) is 0 Å².